The van der Waals surface area contributed by atoms with Crippen LogP contribution < -0.4 is 10.4 Å². The summed E-state index contributed by atoms with van der Waals surface area (Å²) in [7, 11) is 0. The van der Waals surface area contributed by atoms with E-state index in [1.807, 2.05) is 24.3 Å². The fourth-order valence-corrected chi connectivity index (χ4v) is 3.49. The Labute approximate surface area is 186 Å². The number of hydrogen-bond donors (Lipinski definition) is 2. The van der Waals surface area contributed by atoms with Crippen molar-refractivity contribution in [3.8, 4) is 0 Å². The van der Waals surface area contributed by atoms with E-state index in [1.165, 1.54) is 0 Å². The van der Waals surface area contributed by atoms with Gasteiger partial charge >= 0.3 is 0 Å². The fourth-order valence-electron chi connectivity index (χ4n) is 3.49. The molecule has 0 spiro atoms. The molecule has 0 aliphatic carbocycles. The molecule has 0 heterocycles. The van der Waals surface area contributed by atoms with Crippen LogP contribution in [-0.4, -0.2) is 16.9 Å². The lowest BCUT2D eigenvalue weighted by molar-refractivity contribution is -0.136. The molecule has 158 valence electrons. The standard InChI is InChI=1S/C27H22N2O3/c30-25(21-13-5-1-6-14-21)29(24-19-11-4-12-20-24)28-26(31)27(32,22-15-7-2-8-16-22)23-17-9-3-10-18-23/h1-20,32H,(H,28,31). The molecule has 0 atom stereocenters. The fraction of sp³-hybridized carbons (Fsp3) is 0.0370. The summed E-state index contributed by atoms with van der Waals surface area (Å²) in [5.41, 5.74) is 2.31. The minimum Gasteiger partial charge on any atom is -0.372 e. The first-order chi connectivity index (χ1) is 15.6. The molecule has 2 amide bonds. The van der Waals surface area contributed by atoms with Crippen LogP contribution in [0.4, 0.5) is 5.69 Å². The highest BCUT2D eigenvalue weighted by atomic mass is 16.3. The quantitative estimate of drug-likeness (QED) is 0.471. The zero-order valence-electron chi connectivity index (χ0n) is 17.3. The zero-order chi connectivity index (χ0) is 22.4. The highest BCUT2D eigenvalue weighted by Gasteiger charge is 2.41. The lowest BCUT2D eigenvalue weighted by Gasteiger charge is -2.32. The molecule has 2 N–H and O–H groups in total. The molecule has 4 aromatic rings. The molecule has 0 fully saturated rings. The van der Waals surface area contributed by atoms with Crippen molar-refractivity contribution < 1.29 is 14.7 Å². The number of nitrogens with one attached hydrogen (secondary N) is 1. The van der Waals surface area contributed by atoms with Crippen molar-refractivity contribution in [3.63, 3.8) is 0 Å². The predicted octanol–water partition coefficient (Wildman–Crippen LogP) is 4.30. The molecule has 5 heteroatoms. The van der Waals surface area contributed by atoms with Crippen molar-refractivity contribution in [2.24, 2.45) is 0 Å². The van der Waals surface area contributed by atoms with Gasteiger partial charge in [0, 0.05) is 5.56 Å². The number of hydrogen-bond acceptors (Lipinski definition) is 3. The number of para-hydroxylation sites is 1. The number of hydrazine groups is 1. The van der Waals surface area contributed by atoms with Gasteiger partial charge in [0.1, 0.15) is 0 Å². The maximum atomic E-state index is 13.6. The van der Waals surface area contributed by atoms with Gasteiger partial charge in [0.15, 0.2) is 5.60 Å². The van der Waals surface area contributed by atoms with Crippen LogP contribution in [0.15, 0.2) is 121 Å². The van der Waals surface area contributed by atoms with E-state index in [2.05, 4.69) is 5.43 Å². The summed E-state index contributed by atoms with van der Waals surface area (Å²) < 4.78 is 0. The van der Waals surface area contributed by atoms with Crippen molar-refractivity contribution in [1.82, 2.24) is 5.43 Å². The molecule has 0 saturated heterocycles. The Bertz CT molecular complexity index is 1140. The molecule has 0 aliphatic rings. The van der Waals surface area contributed by atoms with Gasteiger partial charge in [-0.1, -0.05) is 97.1 Å². The van der Waals surface area contributed by atoms with E-state index in [0.29, 0.717) is 22.4 Å². The first kappa shape index (κ1) is 21.0. The Hall–Kier alpha value is -4.22. The summed E-state index contributed by atoms with van der Waals surface area (Å²) >= 11 is 0. The molecule has 4 rings (SSSR count). The average molecular weight is 422 g/mol. The molecular formula is C27H22N2O3. The minimum atomic E-state index is -2.01. The Kier molecular flexibility index (Phi) is 6.10. The smallest absolute Gasteiger partial charge is 0.280 e. The van der Waals surface area contributed by atoms with Gasteiger partial charge in [0.25, 0.3) is 11.8 Å². The van der Waals surface area contributed by atoms with Crippen LogP contribution in [0.2, 0.25) is 0 Å². The first-order valence-electron chi connectivity index (χ1n) is 10.2. The molecule has 0 radical (unpaired) electrons. The second kappa shape index (κ2) is 9.29. The Morgan fingerprint density at radius 1 is 0.625 bits per heavy atom. The first-order valence-corrected chi connectivity index (χ1v) is 10.2. The highest BCUT2D eigenvalue weighted by Crippen LogP contribution is 2.30. The maximum absolute atomic E-state index is 13.6. The third kappa shape index (κ3) is 4.15. The number of nitrogens with zero attached hydrogens (tertiary/aromatic N) is 1. The number of benzene rings is 4. The maximum Gasteiger partial charge on any atom is 0.280 e. The molecule has 4 aromatic carbocycles. The topological polar surface area (TPSA) is 69.6 Å². The van der Waals surface area contributed by atoms with E-state index in [9.17, 15) is 14.7 Å². The Morgan fingerprint density at radius 2 is 1.03 bits per heavy atom. The SMILES string of the molecule is O=C(c1ccccc1)N(NC(=O)C(O)(c1ccccc1)c1ccccc1)c1ccccc1. The highest BCUT2D eigenvalue weighted by molar-refractivity contribution is 6.08. The summed E-state index contributed by atoms with van der Waals surface area (Å²) in [6.07, 6.45) is 0. The Balaban J connectivity index is 1.76. The minimum absolute atomic E-state index is 0.392. The molecule has 32 heavy (non-hydrogen) atoms. The van der Waals surface area contributed by atoms with Gasteiger partial charge in [0.2, 0.25) is 0 Å². The van der Waals surface area contributed by atoms with Crippen LogP contribution in [0.1, 0.15) is 21.5 Å². The van der Waals surface area contributed by atoms with Crippen LogP contribution in [0.3, 0.4) is 0 Å². The Morgan fingerprint density at radius 3 is 1.50 bits per heavy atom. The van der Waals surface area contributed by atoms with Crippen LogP contribution >= 0.6 is 0 Å². The van der Waals surface area contributed by atoms with Gasteiger partial charge < -0.3 is 5.11 Å². The number of amides is 2. The molecule has 0 bridgehead atoms. The lowest BCUT2D eigenvalue weighted by atomic mass is 9.85. The average Bonchev–Trinajstić information content (AvgIpc) is 2.88. The van der Waals surface area contributed by atoms with E-state index < -0.39 is 17.4 Å². The number of carbonyl (C=O) groups excluding carboxylic acids is 2. The summed E-state index contributed by atoms with van der Waals surface area (Å²) in [5.74, 6) is -1.17. The van der Waals surface area contributed by atoms with Crippen LogP contribution in [0.5, 0.6) is 0 Å². The van der Waals surface area contributed by atoms with Crippen molar-refractivity contribution in [2.45, 2.75) is 5.60 Å². The molecule has 0 aliphatic heterocycles. The lowest BCUT2D eigenvalue weighted by Crippen LogP contribution is -2.54. The summed E-state index contributed by atoms with van der Waals surface area (Å²) in [4.78, 5) is 26.9. The molecule has 0 aromatic heterocycles. The third-order valence-corrected chi connectivity index (χ3v) is 5.16. The second-order valence-corrected chi connectivity index (χ2v) is 7.23. The monoisotopic (exact) mass is 422 g/mol. The van der Waals surface area contributed by atoms with Crippen molar-refractivity contribution in [1.29, 1.82) is 0 Å². The molecule has 5 nitrogen and oxygen atoms in total. The van der Waals surface area contributed by atoms with Gasteiger partial charge in [-0.2, -0.15) is 0 Å². The van der Waals surface area contributed by atoms with Crippen LogP contribution in [-0.2, 0) is 10.4 Å². The normalized spacial score (nSPS) is 10.9. The summed E-state index contributed by atoms with van der Waals surface area (Å²) in [5, 5.41) is 12.9. The molecule has 0 unspecified atom stereocenters. The third-order valence-electron chi connectivity index (χ3n) is 5.16. The summed E-state index contributed by atoms with van der Waals surface area (Å²) in [6.45, 7) is 0. The van der Waals surface area contributed by atoms with E-state index >= 15 is 0 Å². The van der Waals surface area contributed by atoms with Crippen LogP contribution in [0.25, 0.3) is 0 Å². The largest absolute Gasteiger partial charge is 0.372 e. The number of rotatable bonds is 5. The number of anilines is 1. The number of carbonyl (C=O) groups is 2. The van der Waals surface area contributed by atoms with Gasteiger partial charge in [-0.05, 0) is 35.4 Å². The van der Waals surface area contributed by atoms with E-state index in [0.717, 1.165) is 5.01 Å². The van der Waals surface area contributed by atoms with E-state index in [4.69, 9.17) is 0 Å². The van der Waals surface area contributed by atoms with E-state index in [1.54, 1.807) is 97.1 Å². The second-order valence-electron chi connectivity index (χ2n) is 7.23. The van der Waals surface area contributed by atoms with Crippen molar-refractivity contribution >= 4 is 17.5 Å². The molecular weight excluding hydrogens is 400 g/mol. The van der Waals surface area contributed by atoms with Crippen LogP contribution in [0, 0.1) is 0 Å². The zero-order valence-corrected chi connectivity index (χ0v) is 17.3. The van der Waals surface area contributed by atoms with Crippen molar-refractivity contribution in [3.05, 3.63) is 138 Å². The van der Waals surface area contributed by atoms with Gasteiger partial charge in [-0.3, -0.25) is 15.0 Å². The van der Waals surface area contributed by atoms with Gasteiger partial charge in [0.05, 0.1) is 5.69 Å². The van der Waals surface area contributed by atoms with Crippen molar-refractivity contribution in [2.75, 3.05) is 5.01 Å². The summed E-state index contributed by atoms with van der Waals surface area (Å²) in [6, 6.07) is 34.8. The molecule has 0 saturated carbocycles. The van der Waals surface area contributed by atoms with Gasteiger partial charge in [-0.15, -0.1) is 0 Å². The van der Waals surface area contributed by atoms with Gasteiger partial charge in [-0.25, -0.2) is 5.01 Å². The number of aliphatic hydroxyl groups is 1. The predicted molar refractivity (Wildman–Crippen MR) is 124 cm³/mol. The van der Waals surface area contributed by atoms with E-state index in [-0.39, 0.29) is 0 Å².